The number of rotatable bonds is 4. The molecule has 5 N–H and O–H groups in total. The molecule has 18 heavy (non-hydrogen) atoms. The summed E-state index contributed by atoms with van der Waals surface area (Å²) in [5, 5.41) is 33.4. The predicted octanol–water partition coefficient (Wildman–Crippen LogP) is -1.95. The highest BCUT2D eigenvalue weighted by atomic mass is 16.4. The SMILES string of the molecule is O=C(O)C1CC(O)(CNC(=O)[C@@H]2C[C@@H](O)CN2)C1. The van der Waals surface area contributed by atoms with Crippen LogP contribution in [0.25, 0.3) is 0 Å². The average molecular weight is 258 g/mol. The first kappa shape index (κ1) is 13.3. The smallest absolute Gasteiger partial charge is 0.306 e. The second-order valence-corrected chi connectivity index (χ2v) is 5.24. The maximum Gasteiger partial charge on any atom is 0.306 e. The number of carbonyl (C=O) groups excluding carboxylic acids is 1. The predicted molar refractivity (Wildman–Crippen MR) is 60.7 cm³/mol. The minimum absolute atomic E-state index is 0.0594. The number of carboxylic acid groups (broad SMARTS) is 1. The van der Waals surface area contributed by atoms with Gasteiger partial charge < -0.3 is 26.0 Å². The van der Waals surface area contributed by atoms with Gasteiger partial charge in [-0.2, -0.15) is 0 Å². The Bertz CT molecular complexity index is 353. The van der Waals surface area contributed by atoms with E-state index in [-0.39, 0.29) is 25.3 Å². The number of hydrogen-bond acceptors (Lipinski definition) is 5. The number of aliphatic hydroxyl groups is 2. The summed E-state index contributed by atoms with van der Waals surface area (Å²) in [4.78, 5) is 22.3. The number of aliphatic hydroxyl groups excluding tert-OH is 1. The molecule has 0 unspecified atom stereocenters. The Balaban J connectivity index is 1.72. The van der Waals surface area contributed by atoms with Crippen LogP contribution in [0.4, 0.5) is 0 Å². The van der Waals surface area contributed by atoms with Crippen LogP contribution < -0.4 is 10.6 Å². The standard InChI is InChI=1S/C11H18N2O5/c14-7-1-8(12-4-7)9(15)13-5-11(18)2-6(3-11)10(16)17/h6-8,12,14,18H,1-5H2,(H,13,15)(H,16,17)/t6?,7-,8+,11?/m1/s1. The molecular weight excluding hydrogens is 240 g/mol. The molecule has 0 bridgehead atoms. The second kappa shape index (κ2) is 4.83. The van der Waals surface area contributed by atoms with E-state index in [0.29, 0.717) is 13.0 Å². The lowest BCUT2D eigenvalue weighted by Gasteiger charge is -2.41. The molecule has 2 rings (SSSR count). The molecular formula is C11H18N2O5. The van der Waals surface area contributed by atoms with Crippen molar-refractivity contribution in [2.24, 2.45) is 5.92 Å². The Kier molecular flexibility index (Phi) is 3.56. The van der Waals surface area contributed by atoms with Crippen LogP contribution in [0.1, 0.15) is 19.3 Å². The third-order valence-corrected chi connectivity index (χ3v) is 3.62. The summed E-state index contributed by atoms with van der Waals surface area (Å²) in [6, 6.07) is -0.432. The van der Waals surface area contributed by atoms with Crippen molar-refractivity contribution in [1.82, 2.24) is 10.6 Å². The largest absolute Gasteiger partial charge is 0.481 e. The average Bonchev–Trinajstić information content (AvgIpc) is 2.68. The van der Waals surface area contributed by atoms with Crippen molar-refractivity contribution in [2.75, 3.05) is 13.1 Å². The van der Waals surface area contributed by atoms with E-state index < -0.39 is 29.6 Å². The first-order chi connectivity index (χ1) is 8.39. The fourth-order valence-electron chi connectivity index (χ4n) is 2.47. The Morgan fingerprint density at radius 3 is 2.56 bits per heavy atom. The van der Waals surface area contributed by atoms with Crippen LogP contribution in [0.5, 0.6) is 0 Å². The molecule has 1 amide bonds. The minimum Gasteiger partial charge on any atom is -0.481 e. The molecule has 2 aliphatic rings. The molecule has 7 nitrogen and oxygen atoms in total. The number of hydrogen-bond donors (Lipinski definition) is 5. The number of nitrogens with one attached hydrogen (secondary N) is 2. The molecule has 2 atom stereocenters. The highest BCUT2D eigenvalue weighted by molar-refractivity contribution is 5.82. The maximum absolute atomic E-state index is 11.7. The molecule has 102 valence electrons. The van der Waals surface area contributed by atoms with Crippen molar-refractivity contribution in [3.8, 4) is 0 Å². The zero-order valence-electron chi connectivity index (χ0n) is 9.93. The van der Waals surface area contributed by atoms with Crippen LogP contribution in [0, 0.1) is 5.92 Å². The van der Waals surface area contributed by atoms with Gasteiger partial charge in [-0.25, -0.2) is 0 Å². The van der Waals surface area contributed by atoms with Crippen LogP contribution in [-0.2, 0) is 9.59 Å². The van der Waals surface area contributed by atoms with E-state index in [4.69, 9.17) is 5.11 Å². The highest BCUT2D eigenvalue weighted by Gasteiger charge is 2.46. The van der Waals surface area contributed by atoms with Crippen molar-refractivity contribution in [1.29, 1.82) is 0 Å². The molecule has 7 heteroatoms. The molecule has 2 fully saturated rings. The summed E-state index contributed by atoms with van der Waals surface area (Å²) in [5.74, 6) is -1.69. The Hall–Kier alpha value is -1.18. The molecule has 1 aliphatic heterocycles. The lowest BCUT2D eigenvalue weighted by molar-refractivity contribution is -0.158. The summed E-state index contributed by atoms with van der Waals surface area (Å²) >= 11 is 0. The molecule has 1 aliphatic carbocycles. The van der Waals surface area contributed by atoms with Gasteiger partial charge in [-0.05, 0) is 19.3 Å². The van der Waals surface area contributed by atoms with Crippen molar-refractivity contribution < 1.29 is 24.9 Å². The summed E-state index contributed by atoms with van der Waals surface area (Å²) in [7, 11) is 0. The fourth-order valence-corrected chi connectivity index (χ4v) is 2.47. The van der Waals surface area contributed by atoms with E-state index in [1.165, 1.54) is 0 Å². The lowest BCUT2D eigenvalue weighted by Crippen LogP contribution is -2.55. The normalized spacial score (nSPS) is 39.1. The van der Waals surface area contributed by atoms with Gasteiger partial charge in [-0.3, -0.25) is 9.59 Å². The van der Waals surface area contributed by atoms with Crippen LogP contribution in [0.3, 0.4) is 0 Å². The topological polar surface area (TPSA) is 119 Å². The van der Waals surface area contributed by atoms with E-state index in [9.17, 15) is 19.8 Å². The van der Waals surface area contributed by atoms with Gasteiger partial charge in [0.2, 0.25) is 5.91 Å². The number of carboxylic acids is 1. The molecule has 0 radical (unpaired) electrons. The number of β-amino-alcohol motifs (C(OH)–C–C–N with tert-alkyl or cyclic N) is 1. The Morgan fingerprint density at radius 2 is 2.06 bits per heavy atom. The zero-order valence-corrected chi connectivity index (χ0v) is 9.93. The van der Waals surface area contributed by atoms with Gasteiger partial charge in [0, 0.05) is 13.1 Å². The van der Waals surface area contributed by atoms with Crippen LogP contribution in [-0.4, -0.2) is 58.0 Å². The molecule has 0 aromatic rings. The van der Waals surface area contributed by atoms with Crippen molar-refractivity contribution >= 4 is 11.9 Å². The number of aliphatic carboxylic acids is 1. The van der Waals surface area contributed by atoms with Crippen LogP contribution in [0.2, 0.25) is 0 Å². The molecule has 1 saturated heterocycles. The molecule has 0 aromatic heterocycles. The van der Waals surface area contributed by atoms with Gasteiger partial charge in [0.1, 0.15) is 0 Å². The van der Waals surface area contributed by atoms with E-state index >= 15 is 0 Å². The van der Waals surface area contributed by atoms with E-state index in [0.717, 1.165) is 0 Å². The Labute approximate surface area is 104 Å². The van der Waals surface area contributed by atoms with Crippen molar-refractivity contribution in [3.63, 3.8) is 0 Å². The second-order valence-electron chi connectivity index (χ2n) is 5.24. The van der Waals surface area contributed by atoms with Gasteiger partial charge in [0.25, 0.3) is 0 Å². The van der Waals surface area contributed by atoms with Gasteiger partial charge in [-0.1, -0.05) is 0 Å². The zero-order chi connectivity index (χ0) is 13.3. The number of amides is 1. The minimum atomic E-state index is -1.10. The molecule has 1 saturated carbocycles. The molecule has 0 spiro atoms. The first-order valence-electron chi connectivity index (χ1n) is 6.04. The van der Waals surface area contributed by atoms with E-state index in [2.05, 4.69) is 10.6 Å². The van der Waals surface area contributed by atoms with E-state index in [1.54, 1.807) is 0 Å². The Morgan fingerprint density at radius 1 is 1.39 bits per heavy atom. The highest BCUT2D eigenvalue weighted by Crippen LogP contribution is 2.37. The van der Waals surface area contributed by atoms with Gasteiger partial charge in [0.15, 0.2) is 0 Å². The summed E-state index contributed by atoms with van der Waals surface area (Å²) in [5.41, 5.74) is -1.10. The van der Waals surface area contributed by atoms with Gasteiger partial charge >= 0.3 is 5.97 Å². The van der Waals surface area contributed by atoms with Gasteiger partial charge in [-0.15, -0.1) is 0 Å². The molecule has 0 aromatic carbocycles. The van der Waals surface area contributed by atoms with Crippen LogP contribution in [0.15, 0.2) is 0 Å². The third kappa shape index (κ3) is 2.80. The lowest BCUT2D eigenvalue weighted by atomic mass is 9.71. The monoisotopic (exact) mass is 258 g/mol. The van der Waals surface area contributed by atoms with Gasteiger partial charge in [0.05, 0.1) is 23.7 Å². The van der Waals surface area contributed by atoms with Crippen molar-refractivity contribution in [3.05, 3.63) is 0 Å². The fraction of sp³-hybridized carbons (Fsp3) is 0.818. The maximum atomic E-state index is 11.7. The molecule has 1 heterocycles. The third-order valence-electron chi connectivity index (χ3n) is 3.62. The number of carbonyl (C=O) groups is 2. The summed E-state index contributed by atoms with van der Waals surface area (Å²) < 4.78 is 0. The van der Waals surface area contributed by atoms with Crippen LogP contribution >= 0.6 is 0 Å². The first-order valence-corrected chi connectivity index (χ1v) is 6.04. The summed E-state index contributed by atoms with van der Waals surface area (Å²) in [6.45, 7) is 0.452. The summed E-state index contributed by atoms with van der Waals surface area (Å²) in [6.07, 6.45) is 0.193. The quantitative estimate of drug-likeness (QED) is 0.400. The van der Waals surface area contributed by atoms with E-state index in [1.807, 2.05) is 0 Å². The van der Waals surface area contributed by atoms with Crippen molar-refractivity contribution in [2.45, 2.75) is 37.0 Å².